The summed E-state index contributed by atoms with van der Waals surface area (Å²) in [5.41, 5.74) is 6.74. The summed E-state index contributed by atoms with van der Waals surface area (Å²) >= 11 is 1.66. The van der Waals surface area contributed by atoms with Crippen LogP contribution < -0.4 is 5.73 Å². The van der Waals surface area contributed by atoms with Crippen molar-refractivity contribution in [2.45, 2.75) is 30.7 Å². The summed E-state index contributed by atoms with van der Waals surface area (Å²) in [6.07, 6.45) is 1.78. The summed E-state index contributed by atoms with van der Waals surface area (Å²) in [4.78, 5) is 27.2. The highest BCUT2D eigenvalue weighted by molar-refractivity contribution is 7.89. The predicted molar refractivity (Wildman–Crippen MR) is 110 cm³/mol. The number of primary amides is 1. The molecular weight excluding hydrogens is 410 g/mol. The molecule has 4 rings (SSSR count). The molecule has 2 aliphatic heterocycles. The van der Waals surface area contributed by atoms with E-state index in [9.17, 15) is 18.0 Å². The van der Waals surface area contributed by atoms with E-state index in [1.54, 1.807) is 28.4 Å². The van der Waals surface area contributed by atoms with Crippen molar-refractivity contribution in [3.8, 4) is 0 Å². The van der Waals surface area contributed by atoms with E-state index in [4.69, 9.17) is 5.73 Å². The van der Waals surface area contributed by atoms with Crippen molar-refractivity contribution < 1.29 is 18.0 Å². The van der Waals surface area contributed by atoms with Gasteiger partial charge >= 0.3 is 0 Å². The van der Waals surface area contributed by atoms with Crippen LogP contribution in [0.3, 0.4) is 0 Å². The van der Waals surface area contributed by atoms with Gasteiger partial charge < -0.3 is 10.6 Å². The molecule has 9 heteroatoms. The number of fused-ring (bicyclic) bond motifs is 1. The first kappa shape index (κ1) is 20.1. The molecule has 1 saturated heterocycles. The largest absolute Gasteiger partial charge is 0.369 e. The molecule has 0 radical (unpaired) electrons. The average molecular weight is 434 g/mol. The van der Waals surface area contributed by atoms with Crippen LogP contribution in [0.4, 0.5) is 0 Å². The molecular formula is C20H23N3O4S2. The Labute approximate surface area is 174 Å². The number of hydrogen-bond acceptors (Lipinski definition) is 5. The summed E-state index contributed by atoms with van der Waals surface area (Å²) in [5, 5.41) is 1.99. The second-order valence-electron chi connectivity index (χ2n) is 7.45. The average Bonchev–Trinajstić information content (AvgIpc) is 3.21. The lowest BCUT2D eigenvalue weighted by Gasteiger charge is -2.31. The molecule has 1 aromatic heterocycles. The first-order valence-electron chi connectivity index (χ1n) is 9.60. The minimum absolute atomic E-state index is 0.133. The minimum atomic E-state index is -3.68. The van der Waals surface area contributed by atoms with Gasteiger partial charge in [-0.1, -0.05) is 6.07 Å². The van der Waals surface area contributed by atoms with E-state index in [-0.39, 0.29) is 22.6 Å². The van der Waals surface area contributed by atoms with E-state index in [1.165, 1.54) is 21.3 Å². The van der Waals surface area contributed by atoms with Gasteiger partial charge in [0.05, 0.1) is 4.90 Å². The van der Waals surface area contributed by atoms with Crippen LogP contribution in [-0.4, -0.2) is 49.1 Å². The number of piperidine rings is 1. The molecule has 0 aliphatic carbocycles. The smallest absolute Gasteiger partial charge is 0.253 e. The molecule has 7 nitrogen and oxygen atoms in total. The fourth-order valence-corrected chi connectivity index (χ4v) is 6.27. The standard InChI is InChI=1S/C20H23N3O4S2/c21-19(24)14-4-8-22(9-5-14)20(25)15-2-1-3-17(12-15)29(26,27)23-10-6-18-16(13-23)7-11-28-18/h1-3,7,11-12,14H,4-6,8-10,13H2,(H2,21,24). The Kier molecular flexibility index (Phi) is 5.46. The highest BCUT2D eigenvalue weighted by atomic mass is 32.2. The van der Waals surface area contributed by atoms with Gasteiger partial charge in [0.15, 0.2) is 0 Å². The van der Waals surface area contributed by atoms with Crippen LogP contribution in [0.1, 0.15) is 33.6 Å². The van der Waals surface area contributed by atoms with Crippen LogP contribution in [0, 0.1) is 5.92 Å². The summed E-state index contributed by atoms with van der Waals surface area (Å²) in [7, 11) is -3.68. The van der Waals surface area contributed by atoms with E-state index >= 15 is 0 Å². The molecule has 0 saturated carbocycles. The Morgan fingerprint density at radius 2 is 1.86 bits per heavy atom. The van der Waals surface area contributed by atoms with E-state index in [0.29, 0.717) is 51.0 Å². The topological polar surface area (TPSA) is 101 Å². The summed E-state index contributed by atoms with van der Waals surface area (Å²) < 4.78 is 27.8. The number of nitrogens with two attached hydrogens (primary N) is 1. The summed E-state index contributed by atoms with van der Waals surface area (Å²) in [5.74, 6) is -0.754. The Balaban J connectivity index is 1.51. The van der Waals surface area contributed by atoms with Gasteiger partial charge in [-0.15, -0.1) is 11.3 Å². The third kappa shape index (κ3) is 3.94. The van der Waals surface area contributed by atoms with Gasteiger partial charge in [-0.2, -0.15) is 4.31 Å². The molecule has 2 aliphatic rings. The van der Waals surface area contributed by atoms with Gasteiger partial charge in [0.25, 0.3) is 5.91 Å². The zero-order chi connectivity index (χ0) is 20.6. The Hall–Kier alpha value is -2.23. The molecule has 1 aromatic carbocycles. The Morgan fingerprint density at radius 1 is 1.10 bits per heavy atom. The summed E-state index contributed by atoms with van der Waals surface area (Å²) in [6, 6.07) is 8.21. The normalized spacial score (nSPS) is 18.4. The zero-order valence-corrected chi connectivity index (χ0v) is 17.5. The molecule has 0 spiro atoms. The SMILES string of the molecule is NC(=O)C1CCN(C(=O)c2cccc(S(=O)(=O)N3CCc4sccc4C3)c2)CC1. The third-order valence-electron chi connectivity index (χ3n) is 5.68. The van der Waals surface area contributed by atoms with Crippen molar-refractivity contribution in [2.24, 2.45) is 11.7 Å². The molecule has 29 heavy (non-hydrogen) atoms. The predicted octanol–water partition coefficient (Wildman–Crippen LogP) is 1.83. The van der Waals surface area contributed by atoms with Crippen LogP contribution in [0.5, 0.6) is 0 Å². The Bertz CT molecular complexity index is 1040. The highest BCUT2D eigenvalue weighted by Gasteiger charge is 2.30. The first-order chi connectivity index (χ1) is 13.9. The number of hydrogen-bond donors (Lipinski definition) is 1. The van der Waals surface area contributed by atoms with Gasteiger partial charge in [-0.25, -0.2) is 8.42 Å². The highest BCUT2D eigenvalue weighted by Crippen LogP contribution is 2.28. The van der Waals surface area contributed by atoms with Crippen molar-refractivity contribution in [3.63, 3.8) is 0 Å². The quantitative estimate of drug-likeness (QED) is 0.795. The van der Waals surface area contributed by atoms with Crippen LogP contribution in [-0.2, 0) is 27.8 Å². The lowest BCUT2D eigenvalue weighted by Crippen LogP contribution is -2.41. The van der Waals surface area contributed by atoms with Crippen LogP contribution in [0.2, 0.25) is 0 Å². The molecule has 3 heterocycles. The minimum Gasteiger partial charge on any atom is -0.369 e. The van der Waals surface area contributed by atoms with Crippen LogP contribution in [0.25, 0.3) is 0 Å². The van der Waals surface area contributed by atoms with E-state index in [1.807, 2.05) is 11.4 Å². The number of carbonyl (C=O) groups excluding carboxylic acids is 2. The van der Waals surface area contributed by atoms with Gasteiger partial charge in [-0.3, -0.25) is 9.59 Å². The Morgan fingerprint density at radius 3 is 2.59 bits per heavy atom. The maximum Gasteiger partial charge on any atom is 0.253 e. The van der Waals surface area contributed by atoms with E-state index in [2.05, 4.69) is 0 Å². The van der Waals surface area contributed by atoms with Crippen LogP contribution in [0.15, 0.2) is 40.6 Å². The fraction of sp³-hybridized carbons (Fsp3) is 0.400. The number of carbonyl (C=O) groups is 2. The van der Waals surface area contributed by atoms with E-state index in [0.717, 1.165) is 5.56 Å². The molecule has 2 aromatic rings. The second kappa shape index (κ2) is 7.89. The molecule has 2 amide bonds. The van der Waals surface area contributed by atoms with Crippen molar-refractivity contribution >= 4 is 33.2 Å². The molecule has 0 bridgehead atoms. The number of thiophene rings is 1. The van der Waals surface area contributed by atoms with Crippen molar-refractivity contribution in [1.82, 2.24) is 9.21 Å². The zero-order valence-electron chi connectivity index (χ0n) is 15.9. The lowest BCUT2D eigenvalue weighted by molar-refractivity contribution is -0.123. The van der Waals surface area contributed by atoms with Crippen molar-refractivity contribution in [3.05, 3.63) is 51.7 Å². The fourth-order valence-electron chi connectivity index (χ4n) is 3.92. The summed E-state index contributed by atoms with van der Waals surface area (Å²) in [6.45, 7) is 1.68. The van der Waals surface area contributed by atoms with Gasteiger partial charge in [0.1, 0.15) is 0 Å². The molecule has 0 unspecified atom stereocenters. The van der Waals surface area contributed by atoms with Crippen molar-refractivity contribution in [2.75, 3.05) is 19.6 Å². The second-order valence-corrected chi connectivity index (χ2v) is 10.4. The number of amides is 2. The van der Waals surface area contributed by atoms with Gasteiger partial charge in [0, 0.05) is 42.5 Å². The molecule has 0 atom stereocenters. The van der Waals surface area contributed by atoms with Gasteiger partial charge in [0.2, 0.25) is 15.9 Å². The molecule has 2 N–H and O–H groups in total. The number of benzene rings is 1. The lowest BCUT2D eigenvalue weighted by atomic mass is 9.96. The molecule has 1 fully saturated rings. The first-order valence-corrected chi connectivity index (χ1v) is 11.9. The number of likely N-dealkylation sites (tertiary alicyclic amines) is 1. The van der Waals surface area contributed by atoms with E-state index < -0.39 is 10.0 Å². The number of rotatable bonds is 4. The number of sulfonamides is 1. The molecule has 154 valence electrons. The number of nitrogens with zero attached hydrogens (tertiary/aromatic N) is 2. The maximum atomic E-state index is 13.1. The third-order valence-corrected chi connectivity index (χ3v) is 8.54. The van der Waals surface area contributed by atoms with Crippen LogP contribution >= 0.6 is 11.3 Å². The maximum absolute atomic E-state index is 13.1. The van der Waals surface area contributed by atoms with Crippen molar-refractivity contribution in [1.29, 1.82) is 0 Å². The monoisotopic (exact) mass is 433 g/mol. The van der Waals surface area contributed by atoms with Gasteiger partial charge in [-0.05, 0) is 54.5 Å².